The molecule has 1 N–H and O–H groups in total. The minimum atomic E-state index is -0.357. The number of thiazole rings is 1. The topological polar surface area (TPSA) is 51.2 Å². The molecule has 0 aliphatic heterocycles. The Kier molecular flexibility index (Phi) is 5.32. The SMILES string of the molecule is COC(=O)c1nc(NCC2(SC)CCCCC2)sc1C. The maximum atomic E-state index is 11.6. The molecule has 1 saturated carbocycles. The fourth-order valence-corrected chi connectivity index (χ4v) is 4.35. The summed E-state index contributed by atoms with van der Waals surface area (Å²) in [5.74, 6) is -0.357. The lowest BCUT2D eigenvalue weighted by molar-refractivity contribution is 0.0594. The number of nitrogens with zero attached hydrogens (tertiary/aromatic N) is 1. The molecule has 0 bridgehead atoms. The zero-order valence-corrected chi connectivity index (χ0v) is 14.0. The molecule has 0 aromatic carbocycles. The van der Waals surface area contributed by atoms with E-state index in [1.54, 1.807) is 0 Å². The Labute approximate surface area is 128 Å². The summed E-state index contributed by atoms with van der Waals surface area (Å²) in [6, 6.07) is 0. The first-order valence-corrected chi connectivity index (χ1v) is 8.99. The Balaban J connectivity index is 2.01. The fraction of sp³-hybridized carbons (Fsp3) is 0.714. The zero-order valence-electron chi connectivity index (χ0n) is 12.3. The monoisotopic (exact) mass is 314 g/mol. The normalized spacial score (nSPS) is 17.8. The number of carbonyl (C=O) groups excluding carboxylic acids is 1. The van der Waals surface area contributed by atoms with Crippen LogP contribution in [0, 0.1) is 6.92 Å². The largest absolute Gasteiger partial charge is 0.464 e. The van der Waals surface area contributed by atoms with Gasteiger partial charge in [0.15, 0.2) is 10.8 Å². The van der Waals surface area contributed by atoms with Crippen molar-refractivity contribution >= 4 is 34.2 Å². The molecule has 0 amide bonds. The zero-order chi connectivity index (χ0) is 14.6. The van der Waals surface area contributed by atoms with Crippen LogP contribution < -0.4 is 5.32 Å². The second kappa shape index (κ2) is 6.80. The van der Waals surface area contributed by atoms with E-state index in [0.29, 0.717) is 10.4 Å². The van der Waals surface area contributed by atoms with Crippen LogP contribution in [0.1, 0.15) is 47.5 Å². The van der Waals surface area contributed by atoms with Crippen molar-refractivity contribution in [2.45, 2.75) is 43.8 Å². The summed E-state index contributed by atoms with van der Waals surface area (Å²) in [4.78, 5) is 16.8. The standard InChI is InChI=1S/C14H22N2O2S2/c1-10-11(12(17)18-2)16-13(20-10)15-9-14(19-3)7-5-4-6-8-14/h4-9H2,1-3H3,(H,15,16). The summed E-state index contributed by atoms with van der Waals surface area (Å²) in [5.41, 5.74) is 0.432. The highest BCUT2D eigenvalue weighted by atomic mass is 32.2. The number of hydrogen-bond donors (Lipinski definition) is 1. The summed E-state index contributed by atoms with van der Waals surface area (Å²) in [7, 11) is 1.39. The number of ether oxygens (including phenoxy) is 1. The number of rotatable bonds is 5. The van der Waals surface area contributed by atoms with E-state index in [9.17, 15) is 4.79 Å². The molecule has 0 spiro atoms. The average molecular weight is 314 g/mol. The number of hydrogen-bond acceptors (Lipinski definition) is 6. The van der Waals surface area contributed by atoms with Crippen molar-refractivity contribution in [2.24, 2.45) is 0 Å². The minimum absolute atomic E-state index is 0.323. The third-order valence-electron chi connectivity index (χ3n) is 3.93. The first-order valence-electron chi connectivity index (χ1n) is 6.95. The molecule has 112 valence electrons. The number of aromatic nitrogens is 1. The maximum absolute atomic E-state index is 11.6. The molecule has 1 aromatic heterocycles. The molecule has 0 saturated heterocycles. The molecular weight excluding hydrogens is 292 g/mol. The van der Waals surface area contributed by atoms with Crippen molar-refractivity contribution in [3.8, 4) is 0 Å². The summed E-state index contributed by atoms with van der Waals surface area (Å²) in [6.07, 6.45) is 8.69. The molecule has 1 heterocycles. The van der Waals surface area contributed by atoms with E-state index in [2.05, 4.69) is 16.6 Å². The molecule has 4 nitrogen and oxygen atoms in total. The van der Waals surface area contributed by atoms with Crippen LogP contribution in [0.2, 0.25) is 0 Å². The summed E-state index contributed by atoms with van der Waals surface area (Å²) >= 11 is 3.48. The molecule has 1 aliphatic carbocycles. The van der Waals surface area contributed by atoms with Crippen molar-refractivity contribution in [1.29, 1.82) is 0 Å². The van der Waals surface area contributed by atoms with Gasteiger partial charge in [0.1, 0.15) is 0 Å². The van der Waals surface area contributed by atoms with Gasteiger partial charge in [0.25, 0.3) is 0 Å². The van der Waals surface area contributed by atoms with E-state index in [-0.39, 0.29) is 5.97 Å². The van der Waals surface area contributed by atoms with Gasteiger partial charge >= 0.3 is 5.97 Å². The van der Waals surface area contributed by atoms with Crippen LogP contribution in [-0.4, -0.2) is 35.6 Å². The smallest absolute Gasteiger partial charge is 0.357 e. The predicted octanol–water partition coefficient (Wildman–Crippen LogP) is 3.72. The van der Waals surface area contributed by atoms with Crippen molar-refractivity contribution < 1.29 is 9.53 Å². The fourth-order valence-electron chi connectivity index (χ4n) is 2.64. The average Bonchev–Trinajstić information content (AvgIpc) is 2.86. The Bertz CT molecular complexity index is 468. The van der Waals surface area contributed by atoms with Gasteiger partial charge in [-0.05, 0) is 26.0 Å². The van der Waals surface area contributed by atoms with Crippen LogP contribution in [-0.2, 0) is 4.74 Å². The van der Waals surface area contributed by atoms with Gasteiger partial charge in [-0.2, -0.15) is 11.8 Å². The number of carbonyl (C=O) groups is 1. The van der Waals surface area contributed by atoms with Crippen molar-refractivity contribution in [1.82, 2.24) is 4.98 Å². The number of thioether (sulfide) groups is 1. The highest BCUT2D eigenvalue weighted by Gasteiger charge is 2.31. The Morgan fingerprint density at radius 2 is 2.15 bits per heavy atom. The molecule has 1 aliphatic rings. The van der Waals surface area contributed by atoms with Gasteiger partial charge in [0.05, 0.1) is 7.11 Å². The van der Waals surface area contributed by atoms with Crippen molar-refractivity contribution in [3.05, 3.63) is 10.6 Å². The molecule has 1 aromatic rings. The number of esters is 1. The van der Waals surface area contributed by atoms with Crippen molar-refractivity contribution in [3.63, 3.8) is 0 Å². The van der Waals surface area contributed by atoms with Gasteiger partial charge in [0, 0.05) is 16.2 Å². The molecule has 20 heavy (non-hydrogen) atoms. The number of aryl methyl sites for hydroxylation is 1. The highest BCUT2D eigenvalue weighted by Crippen LogP contribution is 2.39. The molecule has 0 unspecified atom stereocenters. The van der Waals surface area contributed by atoms with Crippen LogP contribution in [0.15, 0.2) is 0 Å². The molecular formula is C14H22N2O2S2. The lowest BCUT2D eigenvalue weighted by Gasteiger charge is -2.35. The van der Waals surface area contributed by atoms with Gasteiger partial charge in [0.2, 0.25) is 0 Å². The Morgan fingerprint density at radius 3 is 2.75 bits per heavy atom. The molecule has 0 atom stereocenters. The quantitative estimate of drug-likeness (QED) is 0.840. The summed E-state index contributed by atoms with van der Waals surface area (Å²) in [5, 5.41) is 4.25. The number of nitrogens with one attached hydrogen (secondary N) is 1. The van der Waals surface area contributed by atoms with Gasteiger partial charge in [-0.15, -0.1) is 11.3 Å². The third kappa shape index (κ3) is 3.47. The van der Waals surface area contributed by atoms with Crippen LogP contribution in [0.25, 0.3) is 0 Å². The van der Waals surface area contributed by atoms with Crippen LogP contribution >= 0.6 is 23.1 Å². The molecule has 1 fully saturated rings. The van der Waals surface area contributed by atoms with Gasteiger partial charge in [-0.3, -0.25) is 0 Å². The Hall–Kier alpha value is -0.750. The van der Waals surface area contributed by atoms with Gasteiger partial charge in [-0.1, -0.05) is 19.3 Å². The van der Waals surface area contributed by atoms with E-state index in [4.69, 9.17) is 4.74 Å². The molecule has 6 heteroatoms. The van der Waals surface area contributed by atoms with Gasteiger partial charge in [-0.25, -0.2) is 9.78 Å². The second-order valence-electron chi connectivity index (χ2n) is 5.22. The molecule has 2 rings (SSSR count). The first kappa shape index (κ1) is 15.6. The summed E-state index contributed by atoms with van der Waals surface area (Å²) in [6.45, 7) is 2.82. The van der Waals surface area contributed by atoms with E-state index in [1.165, 1.54) is 50.6 Å². The van der Waals surface area contributed by atoms with E-state index in [1.807, 2.05) is 18.7 Å². The van der Waals surface area contributed by atoms with Gasteiger partial charge < -0.3 is 10.1 Å². The van der Waals surface area contributed by atoms with E-state index >= 15 is 0 Å². The summed E-state index contributed by atoms with van der Waals surface area (Å²) < 4.78 is 5.06. The minimum Gasteiger partial charge on any atom is -0.464 e. The highest BCUT2D eigenvalue weighted by molar-refractivity contribution is 8.00. The van der Waals surface area contributed by atoms with Crippen LogP contribution in [0.4, 0.5) is 5.13 Å². The van der Waals surface area contributed by atoms with Crippen LogP contribution in [0.5, 0.6) is 0 Å². The Morgan fingerprint density at radius 1 is 1.45 bits per heavy atom. The first-order chi connectivity index (χ1) is 9.60. The predicted molar refractivity (Wildman–Crippen MR) is 86.0 cm³/mol. The van der Waals surface area contributed by atoms with Crippen molar-refractivity contribution in [2.75, 3.05) is 25.2 Å². The third-order valence-corrected chi connectivity index (χ3v) is 6.28. The lowest BCUT2D eigenvalue weighted by Crippen LogP contribution is -2.35. The lowest BCUT2D eigenvalue weighted by atomic mass is 9.88. The maximum Gasteiger partial charge on any atom is 0.357 e. The number of anilines is 1. The molecule has 0 radical (unpaired) electrons. The van der Waals surface area contributed by atoms with E-state index < -0.39 is 0 Å². The van der Waals surface area contributed by atoms with Crippen LogP contribution in [0.3, 0.4) is 0 Å². The van der Waals surface area contributed by atoms with E-state index in [0.717, 1.165) is 16.6 Å². The number of methoxy groups -OCH3 is 1. The second-order valence-corrected chi connectivity index (χ2v) is 7.69.